The molecule has 1 aliphatic heterocycles. The first-order chi connectivity index (χ1) is 10.0. The van der Waals surface area contributed by atoms with Crippen LogP contribution in [0, 0.1) is 17.0 Å². The molecule has 2 heterocycles. The number of imide groups is 1. The zero-order valence-electron chi connectivity index (χ0n) is 10.9. The van der Waals surface area contributed by atoms with Crippen molar-refractivity contribution in [1.82, 2.24) is 4.98 Å². The van der Waals surface area contributed by atoms with Crippen molar-refractivity contribution in [2.75, 3.05) is 4.90 Å². The van der Waals surface area contributed by atoms with Gasteiger partial charge in [-0.25, -0.2) is 4.90 Å². The van der Waals surface area contributed by atoms with E-state index in [1.165, 1.54) is 36.7 Å². The Labute approximate surface area is 119 Å². The van der Waals surface area contributed by atoms with Crippen molar-refractivity contribution in [2.24, 2.45) is 0 Å². The molecule has 0 bridgehead atoms. The van der Waals surface area contributed by atoms with Crippen LogP contribution in [0.3, 0.4) is 0 Å². The van der Waals surface area contributed by atoms with E-state index in [2.05, 4.69) is 4.98 Å². The van der Waals surface area contributed by atoms with Crippen LogP contribution in [-0.4, -0.2) is 21.7 Å². The maximum atomic E-state index is 12.3. The fraction of sp³-hybridized carbons (Fsp3) is 0.0714. The highest BCUT2D eigenvalue weighted by molar-refractivity contribution is 6.34. The van der Waals surface area contributed by atoms with Crippen molar-refractivity contribution in [2.45, 2.75) is 6.92 Å². The normalized spacial score (nSPS) is 13.5. The fourth-order valence-corrected chi connectivity index (χ4v) is 2.31. The maximum absolute atomic E-state index is 12.3. The Morgan fingerprint density at radius 3 is 2.48 bits per heavy atom. The number of aromatic nitrogens is 1. The molecule has 3 rings (SSSR count). The number of benzene rings is 1. The van der Waals surface area contributed by atoms with Crippen molar-refractivity contribution < 1.29 is 14.5 Å². The number of rotatable bonds is 2. The van der Waals surface area contributed by atoms with Gasteiger partial charge in [-0.15, -0.1) is 0 Å². The van der Waals surface area contributed by atoms with Gasteiger partial charge in [0.1, 0.15) is 0 Å². The number of fused-ring (bicyclic) bond motifs is 1. The summed E-state index contributed by atoms with van der Waals surface area (Å²) in [7, 11) is 0. The van der Waals surface area contributed by atoms with E-state index in [1.54, 1.807) is 6.92 Å². The zero-order valence-corrected chi connectivity index (χ0v) is 10.9. The van der Waals surface area contributed by atoms with E-state index in [0.29, 0.717) is 11.3 Å². The van der Waals surface area contributed by atoms with Crippen LogP contribution in [0.4, 0.5) is 11.4 Å². The first kappa shape index (κ1) is 12.9. The highest BCUT2D eigenvalue weighted by Crippen LogP contribution is 2.31. The zero-order chi connectivity index (χ0) is 15.1. The summed E-state index contributed by atoms with van der Waals surface area (Å²) < 4.78 is 0. The Hall–Kier alpha value is -3.09. The number of aryl methyl sites for hydroxylation is 1. The molecule has 2 amide bonds. The summed E-state index contributed by atoms with van der Waals surface area (Å²) in [6, 6.07) is 5.49. The lowest BCUT2D eigenvalue weighted by Gasteiger charge is -2.16. The Morgan fingerprint density at radius 1 is 1.14 bits per heavy atom. The third kappa shape index (κ3) is 1.86. The summed E-state index contributed by atoms with van der Waals surface area (Å²) in [5.41, 5.74) is 1.25. The van der Waals surface area contributed by atoms with Crippen molar-refractivity contribution >= 4 is 23.2 Å². The molecule has 0 saturated heterocycles. The molecular weight excluding hydrogens is 274 g/mol. The molecule has 0 aliphatic carbocycles. The molecule has 2 aromatic rings. The SMILES string of the molecule is Cc1cc([N+](=O)[O-])ccc1N1C(=O)c2ccncc2C1=O. The second-order valence-corrected chi connectivity index (χ2v) is 4.59. The maximum Gasteiger partial charge on any atom is 0.269 e. The number of hydrogen-bond donors (Lipinski definition) is 0. The number of hydrogen-bond acceptors (Lipinski definition) is 5. The van der Waals surface area contributed by atoms with E-state index in [0.717, 1.165) is 4.90 Å². The molecule has 0 atom stereocenters. The second kappa shape index (κ2) is 4.48. The molecule has 1 aromatic heterocycles. The molecule has 1 aromatic carbocycles. The van der Waals surface area contributed by atoms with E-state index in [9.17, 15) is 19.7 Å². The number of amides is 2. The Morgan fingerprint density at radius 2 is 1.86 bits per heavy atom. The average molecular weight is 283 g/mol. The molecular formula is C14H9N3O4. The highest BCUT2D eigenvalue weighted by atomic mass is 16.6. The number of nitro benzene ring substituents is 1. The molecule has 0 spiro atoms. The smallest absolute Gasteiger partial charge is 0.268 e. The predicted octanol–water partition coefficient (Wildman–Crippen LogP) is 2.10. The second-order valence-electron chi connectivity index (χ2n) is 4.59. The topological polar surface area (TPSA) is 93.4 Å². The minimum Gasteiger partial charge on any atom is -0.268 e. The van der Waals surface area contributed by atoms with Gasteiger partial charge in [0.15, 0.2) is 0 Å². The van der Waals surface area contributed by atoms with Crippen LogP contribution in [0.5, 0.6) is 0 Å². The Balaban J connectivity index is 2.09. The quantitative estimate of drug-likeness (QED) is 0.478. The van der Waals surface area contributed by atoms with Crippen LogP contribution in [-0.2, 0) is 0 Å². The minimum absolute atomic E-state index is 0.0884. The monoisotopic (exact) mass is 283 g/mol. The Kier molecular flexibility index (Phi) is 2.76. The van der Waals surface area contributed by atoms with Crippen LogP contribution >= 0.6 is 0 Å². The Bertz CT molecular complexity index is 766. The third-order valence-corrected chi connectivity index (χ3v) is 3.32. The molecule has 7 nitrogen and oxygen atoms in total. The molecule has 0 fully saturated rings. The predicted molar refractivity (Wildman–Crippen MR) is 73.2 cm³/mol. The van der Waals surface area contributed by atoms with Crippen LogP contribution in [0.2, 0.25) is 0 Å². The molecule has 0 radical (unpaired) electrons. The number of carbonyl (C=O) groups is 2. The van der Waals surface area contributed by atoms with Crippen LogP contribution in [0.25, 0.3) is 0 Å². The van der Waals surface area contributed by atoms with E-state index in [1.807, 2.05) is 0 Å². The average Bonchev–Trinajstić information content (AvgIpc) is 2.72. The van der Waals surface area contributed by atoms with E-state index < -0.39 is 16.7 Å². The summed E-state index contributed by atoms with van der Waals surface area (Å²) in [5.74, 6) is -0.922. The molecule has 0 N–H and O–H groups in total. The minimum atomic E-state index is -0.525. The number of pyridine rings is 1. The van der Waals surface area contributed by atoms with Crippen LogP contribution < -0.4 is 4.90 Å². The standard InChI is InChI=1S/C14H9N3O4/c1-8-6-9(17(20)21)2-3-12(8)16-13(18)10-4-5-15-7-11(10)14(16)19/h2-7H,1H3. The fourth-order valence-electron chi connectivity index (χ4n) is 2.31. The molecule has 7 heteroatoms. The number of carbonyl (C=O) groups excluding carboxylic acids is 2. The van der Waals surface area contributed by atoms with Crippen molar-refractivity contribution in [1.29, 1.82) is 0 Å². The number of nitro groups is 1. The van der Waals surface area contributed by atoms with Gasteiger partial charge in [-0.05, 0) is 24.6 Å². The van der Waals surface area contributed by atoms with Crippen molar-refractivity contribution in [3.63, 3.8) is 0 Å². The number of anilines is 1. The molecule has 0 unspecified atom stereocenters. The van der Waals surface area contributed by atoms with E-state index >= 15 is 0 Å². The van der Waals surface area contributed by atoms with Gasteiger partial charge in [-0.1, -0.05) is 0 Å². The van der Waals surface area contributed by atoms with Gasteiger partial charge in [-0.3, -0.25) is 24.7 Å². The van der Waals surface area contributed by atoms with Gasteiger partial charge in [0.2, 0.25) is 0 Å². The van der Waals surface area contributed by atoms with Gasteiger partial charge >= 0.3 is 0 Å². The number of non-ortho nitro benzene ring substituents is 1. The van der Waals surface area contributed by atoms with Gasteiger partial charge in [0, 0.05) is 24.5 Å². The highest BCUT2D eigenvalue weighted by Gasteiger charge is 2.37. The molecule has 21 heavy (non-hydrogen) atoms. The van der Waals surface area contributed by atoms with E-state index in [-0.39, 0.29) is 16.8 Å². The van der Waals surface area contributed by atoms with E-state index in [4.69, 9.17) is 0 Å². The van der Waals surface area contributed by atoms with Gasteiger partial charge in [-0.2, -0.15) is 0 Å². The van der Waals surface area contributed by atoms with Crippen molar-refractivity contribution in [3.05, 3.63) is 63.5 Å². The molecule has 104 valence electrons. The summed E-state index contributed by atoms with van der Waals surface area (Å²) in [5, 5.41) is 10.7. The largest absolute Gasteiger partial charge is 0.269 e. The lowest BCUT2D eigenvalue weighted by Crippen LogP contribution is -2.30. The first-order valence-electron chi connectivity index (χ1n) is 6.08. The van der Waals surface area contributed by atoms with Gasteiger partial charge in [0.05, 0.1) is 21.7 Å². The third-order valence-electron chi connectivity index (χ3n) is 3.32. The van der Waals surface area contributed by atoms with Crippen molar-refractivity contribution in [3.8, 4) is 0 Å². The summed E-state index contributed by atoms with van der Waals surface area (Å²) in [6.45, 7) is 1.62. The number of nitrogens with zero attached hydrogens (tertiary/aromatic N) is 3. The van der Waals surface area contributed by atoms with Gasteiger partial charge < -0.3 is 0 Å². The lowest BCUT2D eigenvalue weighted by molar-refractivity contribution is -0.384. The summed E-state index contributed by atoms with van der Waals surface area (Å²) >= 11 is 0. The van der Waals surface area contributed by atoms with Crippen LogP contribution in [0.1, 0.15) is 26.3 Å². The first-order valence-corrected chi connectivity index (χ1v) is 6.08. The summed E-state index contributed by atoms with van der Waals surface area (Å²) in [6.07, 6.45) is 2.78. The lowest BCUT2D eigenvalue weighted by atomic mass is 10.1. The van der Waals surface area contributed by atoms with Gasteiger partial charge in [0.25, 0.3) is 17.5 Å². The summed E-state index contributed by atoms with van der Waals surface area (Å²) in [4.78, 5) is 39.7. The molecule has 1 aliphatic rings. The van der Waals surface area contributed by atoms with Crippen LogP contribution in [0.15, 0.2) is 36.7 Å². The molecule has 0 saturated carbocycles.